The van der Waals surface area contributed by atoms with Gasteiger partial charge in [0.05, 0.1) is 42.0 Å². The van der Waals surface area contributed by atoms with E-state index in [-0.39, 0.29) is 47.4 Å². The quantitative estimate of drug-likeness (QED) is 0.198. The monoisotopic (exact) mass is 658 g/mol. The van der Waals surface area contributed by atoms with E-state index in [4.69, 9.17) is 14.2 Å². The van der Waals surface area contributed by atoms with E-state index in [1.165, 1.54) is 25.3 Å². The van der Waals surface area contributed by atoms with E-state index in [1.807, 2.05) is 12.1 Å². The third-order valence-corrected chi connectivity index (χ3v) is 8.63. The van der Waals surface area contributed by atoms with Crippen LogP contribution in [0.1, 0.15) is 44.9 Å². The highest BCUT2D eigenvalue weighted by Gasteiger charge is 2.25. The van der Waals surface area contributed by atoms with Gasteiger partial charge in [-0.2, -0.15) is 0 Å². The summed E-state index contributed by atoms with van der Waals surface area (Å²) in [4.78, 5) is 33.8. The average Bonchev–Trinajstić information content (AvgIpc) is 3.63. The molecule has 0 unspecified atom stereocenters. The number of pyridine rings is 1. The van der Waals surface area contributed by atoms with Crippen LogP contribution >= 0.6 is 0 Å². The summed E-state index contributed by atoms with van der Waals surface area (Å²) in [5, 5.41) is 9.48. The summed E-state index contributed by atoms with van der Waals surface area (Å²) in [7, 11) is 1.32. The molecule has 2 aliphatic rings. The lowest BCUT2D eigenvalue weighted by atomic mass is 10.0. The Kier molecular flexibility index (Phi) is 8.21. The second-order valence-electron chi connectivity index (χ2n) is 11.7. The number of benzene rings is 3. The zero-order chi connectivity index (χ0) is 33.5. The summed E-state index contributed by atoms with van der Waals surface area (Å²) in [6.45, 7) is 1.75. The number of hydrogen-bond donors (Lipinski definition) is 1. The fourth-order valence-electron chi connectivity index (χ4n) is 5.99. The molecule has 48 heavy (non-hydrogen) atoms. The van der Waals surface area contributed by atoms with Crippen LogP contribution < -0.4 is 4.74 Å². The maximum absolute atomic E-state index is 15.6. The Bertz CT molecular complexity index is 2080. The molecule has 1 N–H and O–H groups in total. The highest BCUT2D eigenvalue weighted by atomic mass is 19.1. The summed E-state index contributed by atoms with van der Waals surface area (Å²) in [5.74, 6) is -3.30. The second-order valence-corrected chi connectivity index (χ2v) is 11.7. The number of carbonyl (C=O) groups excluding carboxylic acids is 1. The smallest absolute Gasteiger partial charge is 0.410 e. The van der Waals surface area contributed by atoms with E-state index in [9.17, 15) is 19.1 Å². The van der Waals surface area contributed by atoms with Gasteiger partial charge in [-0.25, -0.2) is 32.7 Å². The molecule has 3 aromatic carbocycles. The Hall–Kier alpha value is -5.43. The normalized spacial score (nSPS) is 15.3. The topological polar surface area (TPSA) is 116 Å². The number of aromatic carboxylic acids is 1. The first-order valence-corrected chi connectivity index (χ1v) is 15.2. The van der Waals surface area contributed by atoms with Gasteiger partial charge in [0.2, 0.25) is 0 Å². The lowest BCUT2D eigenvalue weighted by molar-refractivity contribution is -0.0589. The largest absolute Gasteiger partial charge is 0.478 e. The van der Waals surface area contributed by atoms with Crippen molar-refractivity contribution >= 4 is 23.1 Å². The Labute approximate surface area is 272 Å². The highest BCUT2D eigenvalue weighted by molar-refractivity contribution is 5.92. The van der Waals surface area contributed by atoms with Crippen LogP contribution in [-0.4, -0.2) is 56.4 Å². The molecule has 13 heteroatoms. The number of hydrogen-bond acceptors (Lipinski definition) is 7. The Morgan fingerprint density at radius 1 is 0.958 bits per heavy atom. The van der Waals surface area contributed by atoms with Crippen LogP contribution in [0, 0.1) is 17.5 Å². The molecule has 0 spiro atoms. The van der Waals surface area contributed by atoms with Crippen molar-refractivity contribution < 1.29 is 42.1 Å². The van der Waals surface area contributed by atoms with E-state index in [1.54, 1.807) is 21.6 Å². The number of aromatic nitrogens is 3. The molecule has 2 aromatic heterocycles. The summed E-state index contributed by atoms with van der Waals surface area (Å²) in [6, 6.07) is 14.4. The minimum atomic E-state index is -1.09. The van der Waals surface area contributed by atoms with Gasteiger partial charge in [-0.3, -0.25) is 4.90 Å². The van der Waals surface area contributed by atoms with Gasteiger partial charge in [-0.1, -0.05) is 18.2 Å². The lowest BCUT2D eigenvalue weighted by Gasteiger charge is -2.27. The minimum Gasteiger partial charge on any atom is -0.478 e. The van der Waals surface area contributed by atoms with Gasteiger partial charge < -0.3 is 23.9 Å². The van der Waals surface area contributed by atoms with Crippen molar-refractivity contribution in [2.75, 3.05) is 13.7 Å². The molecular formula is C35H29F3N4O6. The zero-order valence-electron chi connectivity index (χ0n) is 25.7. The van der Waals surface area contributed by atoms with Crippen LogP contribution in [0.15, 0.2) is 60.7 Å². The zero-order valence-corrected chi connectivity index (χ0v) is 25.7. The van der Waals surface area contributed by atoms with Gasteiger partial charge >= 0.3 is 12.1 Å². The maximum atomic E-state index is 15.6. The molecular weight excluding hydrogens is 629 g/mol. The van der Waals surface area contributed by atoms with Crippen molar-refractivity contribution in [2.45, 2.75) is 45.2 Å². The van der Waals surface area contributed by atoms with Crippen molar-refractivity contribution in [1.29, 1.82) is 0 Å². The van der Waals surface area contributed by atoms with Crippen molar-refractivity contribution in [2.24, 2.45) is 0 Å². The maximum Gasteiger partial charge on any atom is 0.410 e. The fourth-order valence-corrected chi connectivity index (χ4v) is 5.99. The number of ether oxygens (including phenoxy) is 3. The molecule has 10 nitrogen and oxygen atoms in total. The number of fused-ring (bicyclic) bond motifs is 2. The first-order valence-electron chi connectivity index (χ1n) is 15.2. The average molecular weight is 659 g/mol. The minimum absolute atomic E-state index is 0.0207. The number of nitrogens with zero attached hydrogens (tertiary/aromatic N) is 4. The van der Waals surface area contributed by atoms with Gasteiger partial charge in [0, 0.05) is 31.7 Å². The molecule has 1 amide bonds. The summed E-state index contributed by atoms with van der Waals surface area (Å²) >= 11 is 0. The number of rotatable bonds is 9. The van der Waals surface area contributed by atoms with E-state index in [2.05, 4.69) is 9.97 Å². The summed E-state index contributed by atoms with van der Waals surface area (Å²) in [5.41, 5.74) is 3.59. The van der Waals surface area contributed by atoms with Gasteiger partial charge in [0.15, 0.2) is 5.82 Å². The van der Waals surface area contributed by atoms with Crippen LogP contribution in [-0.2, 0) is 42.1 Å². The first-order chi connectivity index (χ1) is 23.2. The van der Waals surface area contributed by atoms with Crippen LogP contribution in [0.5, 0.6) is 5.88 Å². The van der Waals surface area contributed by atoms with Gasteiger partial charge in [0.1, 0.15) is 24.1 Å². The van der Waals surface area contributed by atoms with Crippen LogP contribution in [0.2, 0.25) is 0 Å². The van der Waals surface area contributed by atoms with Crippen LogP contribution in [0.25, 0.3) is 22.3 Å². The van der Waals surface area contributed by atoms with E-state index in [0.717, 1.165) is 35.7 Å². The lowest BCUT2D eigenvalue weighted by Crippen LogP contribution is -2.31. The van der Waals surface area contributed by atoms with Crippen molar-refractivity contribution in [1.82, 2.24) is 19.4 Å². The standard InChI is InChI=1S/C35H29F3N4O6/c1-46-35(45)41-15-21-3-2-19(10-23(21)16-41)18-48-33-26(36)5-7-29(40-33)25-14-27(37)22(11-28(25)38)13-32-39-30-6-4-20(34(43)44)12-31(30)42(32)17-24-8-9-47-24/h2-7,10-12,14,24H,8-9,13,15-18H2,1H3,(H,43,44)/t24-/m0/s1. The number of carboxylic acids is 1. The number of carboxylic acid groups (broad SMARTS) is 1. The number of halogens is 3. The third-order valence-electron chi connectivity index (χ3n) is 8.63. The molecule has 0 aliphatic carbocycles. The Morgan fingerprint density at radius 2 is 1.77 bits per heavy atom. The first kappa shape index (κ1) is 31.2. The fraction of sp³-hybridized carbons (Fsp3) is 0.257. The molecule has 7 rings (SSSR count). The van der Waals surface area contributed by atoms with Gasteiger partial charge in [-0.15, -0.1) is 0 Å². The van der Waals surface area contributed by atoms with Crippen LogP contribution in [0.3, 0.4) is 0 Å². The molecule has 0 saturated carbocycles. The van der Waals surface area contributed by atoms with Gasteiger partial charge in [-0.05, 0) is 71.1 Å². The molecule has 1 fully saturated rings. The predicted molar refractivity (Wildman–Crippen MR) is 166 cm³/mol. The number of carbonyl (C=O) groups is 2. The number of imidazole rings is 1. The molecule has 246 valence electrons. The SMILES string of the molecule is COC(=O)N1Cc2ccc(COc3nc(-c4cc(F)c(Cc5nc6ccc(C(=O)O)cc6n5C[C@@H]5CCO5)cc4F)ccc3F)cc2C1. The molecule has 0 radical (unpaired) electrons. The van der Waals surface area contributed by atoms with Crippen molar-refractivity contribution in [3.8, 4) is 17.1 Å². The molecule has 5 aromatic rings. The van der Waals surface area contributed by atoms with E-state index in [0.29, 0.717) is 48.7 Å². The molecule has 4 heterocycles. The highest BCUT2D eigenvalue weighted by Crippen LogP contribution is 2.30. The van der Waals surface area contributed by atoms with E-state index < -0.39 is 29.5 Å². The van der Waals surface area contributed by atoms with E-state index >= 15 is 8.78 Å². The Morgan fingerprint density at radius 3 is 2.52 bits per heavy atom. The Balaban J connectivity index is 1.11. The molecule has 1 saturated heterocycles. The number of amides is 1. The summed E-state index contributed by atoms with van der Waals surface area (Å²) < 4.78 is 63.7. The summed E-state index contributed by atoms with van der Waals surface area (Å²) in [6.07, 6.45) is 0.211. The predicted octanol–water partition coefficient (Wildman–Crippen LogP) is 6.25. The third kappa shape index (κ3) is 6.04. The van der Waals surface area contributed by atoms with Gasteiger partial charge in [0.25, 0.3) is 5.88 Å². The van der Waals surface area contributed by atoms with Crippen molar-refractivity contribution in [3.63, 3.8) is 0 Å². The molecule has 1 atom stereocenters. The number of methoxy groups -OCH3 is 1. The molecule has 2 aliphatic heterocycles. The second kappa shape index (κ2) is 12.6. The molecule has 0 bridgehead atoms. The van der Waals surface area contributed by atoms with Crippen LogP contribution in [0.4, 0.5) is 18.0 Å². The van der Waals surface area contributed by atoms with Crippen molar-refractivity contribution in [3.05, 3.63) is 112 Å².